The molecular weight excluding hydrogens is 419 g/mol. The highest BCUT2D eigenvalue weighted by Crippen LogP contribution is 2.39. The number of rotatable bonds is 6. The molecule has 1 saturated carbocycles. The molecule has 0 saturated heterocycles. The lowest BCUT2D eigenvalue weighted by Gasteiger charge is -2.31. The van der Waals surface area contributed by atoms with E-state index in [9.17, 15) is 17.6 Å². The summed E-state index contributed by atoms with van der Waals surface area (Å²) in [6, 6.07) is 10.5. The molecule has 0 spiro atoms. The van der Waals surface area contributed by atoms with E-state index in [0.717, 1.165) is 31.2 Å². The summed E-state index contributed by atoms with van der Waals surface area (Å²) in [7, 11) is -2.53. The van der Waals surface area contributed by atoms with Crippen molar-refractivity contribution in [1.82, 2.24) is 10.0 Å². The average molecular weight is 449 g/mol. The standard InChI is InChI=1S/C23H29FN2O4S/c1-22(2,3)26-31(28,29)20-15-16(7-12-19(20)30-4)21(27)25-23(13-5-6-14-23)17-8-10-18(24)11-9-17/h7-12,15,26H,5-6,13-14H2,1-4H3,(H,25,27). The van der Waals surface area contributed by atoms with Crippen molar-refractivity contribution in [2.45, 2.75) is 62.4 Å². The molecule has 31 heavy (non-hydrogen) atoms. The number of benzene rings is 2. The zero-order valence-corrected chi connectivity index (χ0v) is 19.1. The SMILES string of the molecule is COc1ccc(C(=O)NC2(c3ccc(F)cc3)CCCC2)cc1S(=O)(=O)NC(C)(C)C. The van der Waals surface area contributed by atoms with E-state index in [-0.39, 0.29) is 27.9 Å². The third-order valence-corrected chi connectivity index (χ3v) is 7.14. The van der Waals surface area contributed by atoms with E-state index in [1.54, 1.807) is 32.9 Å². The van der Waals surface area contributed by atoms with E-state index in [0.29, 0.717) is 0 Å². The summed E-state index contributed by atoms with van der Waals surface area (Å²) in [6.07, 6.45) is 3.35. The van der Waals surface area contributed by atoms with Gasteiger partial charge in [-0.3, -0.25) is 4.79 Å². The van der Waals surface area contributed by atoms with Crippen LogP contribution in [0.5, 0.6) is 5.75 Å². The summed E-state index contributed by atoms with van der Waals surface area (Å²) in [6.45, 7) is 5.21. The van der Waals surface area contributed by atoms with Crippen LogP contribution in [0.1, 0.15) is 62.4 Å². The van der Waals surface area contributed by atoms with Crippen LogP contribution in [0, 0.1) is 5.82 Å². The summed E-state index contributed by atoms with van der Waals surface area (Å²) < 4.78 is 47.0. The van der Waals surface area contributed by atoms with Crippen LogP contribution in [0.3, 0.4) is 0 Å². The zero-order chi connectivity index (χ0) is 22.9. The summed E-state index contributed by atoms with van der Waals surface area (Å²) in [4.78, 5) is 13.1. The van der Waals surface area contributed by atoms with Crippen LogP contribution < -0.4 is 14.8 Å². The molecule has 0 heterocycles. The number of hydrogen-bond acceptors (Lipinski definition) is 4. The van der Waals surface area contributed by atoms with Crippen molar-refractivity contribution in [1.29, 1.82) is 0 Å². The van der Waals surface area contributed by atoms with Gasteiger partial charge in [-0.2, -0.15) is 0 Å². The molecule has 0 bridgehead atoms. The molecule has 0 unspecified atom stereocenters. The quantitative estimate of drug-likeness (QED) is 0.697. The summed E-state index contributed by atoms with van der Waals surface area (Å²) in [5, 5.41) is 3.09. The van der Waals surface area contributed by atoms with Gasteiger partial charge in [0.05, 0.1) is 12.6 Å². The Morgan fingerprint density at radius 3 is 2.23 bits per heavy atom. The first-order valence-corrected chi connectivity index (χ1v) is 11.7. The zero-order valence-electron chi connectivity index (χ0n) is 18.3. The fourth-order valence-corrected chi connectivity index (χ4v) is 5.62. The van der Waals surface area contributed by atoms with Gasteiger partial charge in [-0.15, -0.1) is 0 Å². The molecule has 0 aromatic heterocycles. The molecule has 8 heteroatoms. The minimum absolute atomic E-state index is 0.0974. The van der Waals surface area contributed by atoms with Crippen LogP contribution in [0.15, 0.2) is 47.4 Å². The van der Waals surface area contributed by atoms with Crippen LogP contribution in [0.4, 0.5) is 4.39 Å². The van der Waals surface area contributed by atoms with Gasteiger partial charge in [0.1, 0.15) is 16.5 Å². The second-order valence-electron chi connectivity index (χ2n) is 8.97. The predicted molar refractivity (Wildman–Crippen MR) is 117 cm³/mol. The third kappa shape index (κ3) is 5.25. The van der Waals surface area contributed by atoms with Crippen LogP contribution in [0.2, 0.25) is 0 Å². The number of methoxy groups -OCH3 is 1. The lowest BCUT2D eigenvalue weighted by molar-refractivity contribution is 0.0898. The van der Waals surface area contributed by atoms with Crippen molar-refractivity contribution in [2.75, 3.05) is 7.11 Å². The Bertz CT molecular complexity index is 1050. The van der Waals surface area contributed by atoms with E-state index < -0.39 is 21.1 Å². The maximum absolute atomic E-state index is 13.4. The number of hydrogen-bond donors (Lipinski definition) is 2. The number of ether oxygens (including phenoxy) is 1. The molecule has 0 radical (unpaired) electrons. The molecule has 3 rings (SSSR count). The van der Waals surface area contributed by atoms with Crippen molar-refractivity contribution in [3.05, 3.63) is 59.4 Å². The second-order valence-corrected chi connectivity index (χ2v) is 10.6. The molecule has 2 aromatic carbocycles. The lowest BCUT2D eigenvalue weighted by Crippen LogP contribution is -2.44. The molecule has 168 valence electrons. The number of carbonyl (C=O) groups excluding carboxylic acids is 1. The summed E-state index contributed by atoms with van der Waals surface area (Å²) in [5.74, 6) is -0.567. The number of sulfonamides is 1. The fourth-order valence-electron chi connectivity index (χ4n) is 4.01. The Morgan fingerprint density at radius 1 is 1.06 bits per heavy atom. The van der Waals surface area contributed by atoms with E-state index in [4.69, 9.17) is 4.74 Å². The van der Waals surface area contributed by atoms with Crippen LogP contribution >= 0.6 is 0 Å². The van der Waals surface area contributed by atoms with Crippen molar-refractivity contribution in [3.63, 3.8) is 0 Å². The van der Waals surface area contributed by atoms with Crippen LogP contribution in [-0.2, 0) is 15.6 Å². The lowest BCUT2D eigenvalue weighted by atomic mass is 9.87. The van der Waals surface area contributed by atoms with Gasteiger partial charge in [0.25, 0.3) is 5.91 Å². The maximum atomic E-state index is 13.4. The topological polar surface area (TPSA) is 84.5 Å². The van der Waals surface area contributed by atoms with Gasteiger partial charge in [-0.25, -0.2) is 17.5 Å². The largest absolute Gasteiger partial charge is 0.495 e. The fraction of sp³-hybridized carbons (Fsp3) is 0.435. The van der Waals surface area contributed by atoms with Gasteiger partial charge in [0.15, 0.2) is 0 Å². The summed E-state index contributed by atoms with van der Waals surface area (Å²) in [5.41, 5.74) is -0.245. The molecule has 1 aliphatic rings. The Labute approximate surface area is 183 Å². The average Bonchev–Trinajstić information content (AvgIpc) is 3.15. The molecule has 6 nitrogen and oxygen atoms in total. The first-order valence-electron chi connectivity index (χ1n) is 10.3. The number of amides is 1. The van der Waals surface area contributed by atoms with Crippen LogP contribution in [-0.4, -0.2) is 27.0 Å². The van der Waals surface area contributed by atoms with Gasteiger partial charge in [-0.05, 0) is 69.5 Å². The van der Waals surface area contributed by atoms with E-state index >= 15 is 0 Å². The molecule has 1 fully saturated rings. The van der Waals surface area contributed by atoms with Gasteiger partial charge >= 0.3 is 0 Å². The Morgan fingerprint density at radius 2 is 1.68 bits per heavy atom. The molecule has 0 atom stereocenters. The van der Waals surface area contributed by atoms with E-state index in [1.165, 1.54) is 37.4 Å². The van der Waals surface area contributed by atoms with Crippen molar-refractivity contribution >= 4 is 15.9 Å². The van der Waals surface area contributed by atoms with Crippen LogP contribution in [0.25, 0.3) is 0 Å². The highest BCUT2D eigenvalue weighted by Gasteiger charge is 2.37. The molecule has 1 aliphatic carbocycles. The van der Waals surface area contributed by atoms with Crippen molar-refractivity contribution < 1.29 is 22.3 Å². The smallest absolute Gasteiger partial charge is 0.252 e. The van der Waals surface area contributed by atoms with E-state index in [2.05, 4.69) is 10.0 Å². The number of halogens is 1. The Kier molecular flexibility index (Phi) is 6.43. The monoisotopic (exact) mass is 448 g/mol. The van der Waals surface area contributed by atoms with Crippen molar-refractivity contribution in [3.8, 4) is 5.75 Å². The molecular formula is C23H29FN2O4S. The third-order valence-electron chi connectivity index (χ3n) is 5.36. The molecule has 2 aromatic rings. The molecule has 1 amide bonds. The first-order chi connectivity index (χ1) is 14.5. The van der Waals surface area contributed by atoms with E-state index in [1.807, 2.05) is 0 Å². The highest BCUT2D eigenvalue weighted by atomic mass is 32.2. The Balaban J connectivity index is 1.95. The Hall–Kier alpha value is -2.45. The first kappa shape index (κ1) is 23.2. The number of carbonyl (C=O) groups is 1. The second kappa shape index (κ2) is 8.59. The summed E-state index contributed by atoms with van der Waals surface area (Å²) >= 11 is 0. The minimum Gasteiger partial charge on any atom is -0.495 e. The van der Waals surface area contributed by atoms with Gasteiger partial charge in [-0.1, -0.05) is 25.0 Å². The predicted octanol–water partition coefficient (Wildman–Crippen LogP) is 4.11. The molecule has 0 aliphatic heterocycles. The van der Waals surface area contributed by atoms with Gasteiger partial charge in [0, 0.05) is 11.1 Å². The van der Waals surface area contributed by atoms with Gasteiger partial charge in [0.2, 0.25) is 10.0 Å². The van der Waals surface area contributed by atoms with Crippen molar-refractivity contribution in [2.24, 2.45) is 0 Å². The van der Waals surface area contributed by atoms with Gasteiger partial charge < -0.3 is 10.1 Å². The normalized spacial score (nSPS) is 16.2. The number of nitrogens with one attached hydrogen (secondary N) is 2. The molecule has 2 N–H and O–H groups in total. The minimum atomic E-state index is -3.91. The highest BCUT2D eigenvalue weighted by molar-refractivity contribution is 7.89. The maximum Gasteiger partial charge on any atom is 0.252 e.